The summed E-state index contributed by atoms with van der Waals surface area (Å²) in [6, 6.07) is 8.65. The molecule has 7 nitrogen and oxygen atoms in total. The molecule has 1 aliphatic heterocycles. The van der Waals surface area contributed by atoms with Crippen LogP contribution in [0.15, 0.2) is 42.9 Å². The van der Waals surface area contributed by atoms with Gasteiger partial charge in [0, 0.05) is 60.9 Å². The number of rotatable bonds is 4. The molecule has 168 valence electrons. The van der Waals surface area contributed by atoms with Crippen LogP contribution in [-0.4, -0.2) is 41.2 Å². The van der Waals surface area contributed by atoms with E-state index in [1.807, 2.05) is 37.5 Å². The second-order valence-corrected chi connectivity index (χ2v) is 9.37. The van der Waals surface area contributed by atoms with E-state index in [4.69, 9.17) is 9.97 Å². The topological polar surface area (TPSA) is 68.8 Å². The molecule has 6 rings (SSSR count). The Labute approximate surface area is 193 Å². The van der Waals surface area contributed by atoms with Gasteiger partial charge in [0.05, 0.1) is 29.8 Å². The molecule has 0 bridgehead atoms. The molecule has 0 spiro atoms. The van der Waals surface area contributed by atoms with Crippen molar-refractivity contribution in [3.63, 3.8) is 0 Å². The van der Waals surface area contributed by atoms with E-state index < -0.39 is 0 Å². The Kier molecular flexibility index (Phi) is 4.60. The summed E-state index contributed by atoms with van der Waals surface area (Å²) in [5.74, 6) is 1.94. The van der Waals surface area contributed by atoms with Gasteiger partial charge in [0.15, 0.2) is 0 Å². The Bertz CT molecular complexity index is 1380. The Morgan fingerprint density at radius 3 is 2.79 bits per heavy atom. The lowest BCUT2D eigenvalue weighted by Gasteiger charge is -2.35. The van der Waals surface area contributed by atoms with Crippen LogP contribution in [-0.2, 0) is 24.9 Å². The van der Waals surface area contributed by atoms with Crippen molar-refractivity contribution in [3.05, 3.63) is 54.4 Å². The molecule has 0 N–H and O–H groups in total. The third-order valence-corrected chi connectivity index (χ3v) is 6.99. The van der Waals surface area contributed by atoms with Gasteiger partial charge in [-0.15, -0.1) is 0 Å². The van der Waals surface area contributed by atoms with Gasteiger partial charge in [-0.25, -0.2) is 4.98 Å². The average Bonchev–Trinajstić information content (AvgIpc) is 3.48. The maximum absolute atomic E-state index is 12.7. The lowest BCUT2D eigenvalue weighted by molar-refractivity contribution is -0.134. The Morgan fingerprint density at radius 1 is 1.21 bits per heavy atom. The summed E-state index contributed by atoms with van der Waals surface area (Å²) in [4.78, 5) is 24.6. The molecule has 0 saturated heterocycles. The highest BCUT2D eigenvalue weighted by atomic mass is 16.2. The average molecular weight is 441 g/mol. The van der Waals surface area contributed by atoms with Gasteiger partial charge in [-0.05, 0) is 31.2 Å². The number of carbonyl (C=O) groups excluding carboxylic acids is 1. The molecule has 33 heavy (non-hydrogen) atoms. The van der Waals surface area contributed by atoms with Crippen molar-refractivity contribution in [2.24, 2.45) is 7.05 Å². The molecular weight excluding hydrogens is 412 g/mol. The number of fused-ring (bicyclic) bond motifs is 2. The zero-order valence-corrected chi connectivity index (χ0v) is 19.3. The predicted octanol–water partition coefficient (Wildman–Crippen LogP) is 4.52. The molecule has 3 aromatic heterocycles. The molecule has 2 aliphatic rings. The largest absolute Gasteiger partial charge is 0.332 e. The van der Waals surface area contributed by atoms with Gasteiger partial charge in [-0.1, -0.05) is 25.1 Å². The molecule has 1 amide bonds. The number of hydrogen-bond donors (Lipinski definition) is 0. The fourth-order valence-electron chi connectivity index (χ4n) is 5.04. The molecule has 1 aliphatic carbocycles. The first kappa shape index (κ1) is 20.1. The number of carbonyl (C=O) groups is 1. The highest BCUT2D eigenvalue weighted by Gasteiger charge is 2.36. The molecule has 4 aromatic rings. The van der Waals surface area contributed by atoms with Crippen LogP contribution in [0.4, 0.5) is 0 Å². The summed E-state index contributed by atoms with van der Waals surface area (Å²) in [6.07, 6.45) is 8.70. The molecule has 1 atom stereocenters. The standard InChI is InChI=1S/C26H28N6O/c1-4-24(33)31-15-23-25(29-26(17-8-9-17)32(23)13-16(31)2)20-7-5-6-18-10-22(27-12-21(18)20)19-11-28-30(3)14-19/h5-7,10-12,14,16-17H,4,8-9,13,15H2,1-3H3. The van der Waals surface area contributed by atoms with Gasteiger partial charge >= 0.3 is 0 Å². The van der Waals surface area contributed by atoms with Gasteiger partial charge in [0.1, 0.15) is 5.82 Å². The second-order valence-electron chi connectivity index (χ2n) is 9.37. The van der Waals surface area contributed by atoms with Crippen LogP contribution in [0, 0.1) is 0 Å². The van der Waals surface area contributed by atoms with Crippen LogP contribution in [0.25, 0.3) is 33.3 Å². The number of nitrogens with zero attached hydrogens (tertiary/aromatic N) is 6. The molecule has 1 saturated carbocycles. The van der Waals surface area contributed by atoms with E-state index in [0.29, 0.717) is 18.9 Å². The Hall–Kier alpha value is -3.48. The first-order valence-corrected chi connectivity index (χ1v) is 11.8. The maximum atomic E-state index is 12.7. The monoisotopic (exact) mass is 440 g/mol. The molecule has 4 heterocycles. The Balaban J connectivity index is 1.49. The Morgan fingerprint density at radius 2 is 2.06 bits per heavy atom. The first-order chi connectivity index (χ1) is 16.0. The van der Waals surface area contributed by atoms with E-state index in [9.17, 15) is 4.79 Å². The molecule has 1 aromatic carbocycles. The zero-order valence-electron chi connectivity index (χ0n) is 19.3. The highest BCUT2D eigenvalue weighted by molar-refractivity contribution is 5.97. The predicted molar refractivity (Wildman–Crippen MR) is 127 cm³/mol. The van der Waals surface area contributed by atoms with Crippen molar-refractivity contribution < 1.29 is 4.79 Å². The lowest BCUT2D eigenvalue weighted by Crippen LogP contribution is -2.44. The first-order valence-electron chi connectivity index (χ1n) is 11.8. The summed E-state index contributed by atoms with van der Waals surface area (Å²) < 4.78 is 4.19. The molecule has 7 heteroatoms. The summed E-state index contributed by atoms with van der Waals surface area (Å²) in [5, 5.41) is 6.49. The minimum absolute atomic E-state index is 0.181. The lowest BCUT2D eigenvalue weighted by atomic mass is 10.0. The molecule has 1 unspecified atom stereocenters. The van der Waals surface area contributed by atoms with Crippen LogP contribution in [0.3, 0.4) is 0 Å². The third kappa shape index (κ3) is 3.34. The van der Waals surface area contributed by atoms with Crippen molar-refractivity contribution in [2.75, 3.05) is 0 Å². The van der Waals surface area contributed by atoms with Gasteiger partial charge in [0.2, 0.25) is 5.91 Å². The summed E-state index contributed by atoms with van der Waals surface area (Å²) in [5.41, 5.74) is 5.15. The highest BCUT2D eigenvalue weighted by Crippen LogP contribution is 2.44. The fourth-order valence-corrected chi connectivity index (χ4v) is 5.04. The quantitative estimate of drug-likeness (QED) is 0.468. The number of aryl methyl sites for hydroxylation is 1. The van der Waals surface area contributed by atoms with Crippen LogP contribution < -0.4 is 0 Å². The number of hydrogen-bond acceptors (Lipinski definition) is 4. The van der Waals surface area contributed by atoms with Crippen molar-refractivity contribution >= 4 is 16.7 Å². The third-order valence-electron chi connectivity index (χ3n) is 6.99. The smallest absolute Gasteiger partial charge is 0.222 e. The second kappa shape index (κ2) is 7.54. The fraction of sp³-hybridized carbons (Fsp3) is 0.385. The van der Waals surface area contributed by atoms with Crippen LogP contribution in [0.1, 0.15) is 50.5 Å². The number of amides is 1. The van der Waals surface area contributed by atoms with Gasteiger partial charge in [-0.2, -0.15) is 5.10 Å². The number of benzene rings is 1. The van der Waals surface area contributed by atoms with E-state index in [1.54, 1.807) is 4.68 Å². The number of pyridine rings is 1. The number of imidazole rings is 1. The van der Waals surface area contributed by atoms with Crippen LogP contribution >= 0.6 is 0 Å². The van der Waals surface area contributed by atoms with Crippen molar-refractivity contribution in [1.82, 2.24) is 29.2 Å². The van der Waals surface area contributed by atoms with Crippen LogP contribution in [0.5, 0.6) is 0 Å². The van der Waals surface area contributed by atoms with E-state index >= 15 is 0 Å². The van der Waals surface area contributed by atoms with Gasteiger partial charge in [0.25, 0.3) is 0 Å². The zero-order chi connectivity index (χ0) is 22.7. The normalized spacial score (nSPS) is 18.0. The van der Waals surface area contributed by atoms with Crippen molar-refractivity contribution in [1.29, 1.82) is 0 Å². The number of aromatic nitrogens is 5. The van der Waals surface area contributed by atoms with E-state index in [1.165, 1.54) is 18.7 Å². The van der Waals surface area contributed by atoms with Gasteiger partial charge in [-0.3, -0.25) is 14.5 Å². The minimum Gasteiger partial charge on any atom is -0.332 e. The van der Waals surface area contributed by atoms with Crippen molar-refractivity contribution in [3.8, 4) is 22.5 Å². The van der Waals surface area contributed by atoms with E-state index in [-0.39, 0.29) is 11.9 Å². The maximum Gasteiger partial charge on any atom is 0.222 e. The minimum atomic E-state index is 0.181. The summed E-state index contributed by atoms with van der Waals surface area (Å²) >= 11 is 0. The summed E-state index contributed by atoms with van der Waals surface area (Å²) in [6.45, 7) is 5.51. The molecular formula is C26H28N6O. The van der Waals surface area contributed by atoms with Crippen LogP contribution in [0.2, 0.25) is 0 Å². The van der Waals surface area contributed by atoms with Crippen molar-refractivity contribution in [2.45, 2.75) is 58.2 Å². The molecule has 1 fully saturated rings. The van der Waals surface area contributed by atoms with E-state index in [2.05, 4.69) is 40.9 Å². The SMILES string of the molecule is CCC(=O)N1Cc2c(-c3cccc4cc(-c5cnn(C)c5)ncc34)nc(C3CC3)n2CC1C. The molecule has 0 radical (unpaired) electrons. The summed E-state index contributed by atoms with van der Waals surface area (Å²) in [7, 11) is 1.91. The van der Waals surface area contributed by atoms with Gasteiger partial charge < -0.3 is 9.47 Å². The van der Waals surface area contributed by atoms with E-state index in [0.717, 1.165) is 45.5 Å².